The molecule has 2 heteroatoms. The quantitative estimate of drug-likeness (QED) is 0.744. The van der Waals surface area contributed by atoms with Crippen molar-refractivity contribution in [3.8, 4) is 17.2 Å². The van der Waals surface area contributed by atoms with Gasteiger partial charge in [-0.1, -0.05) is 30.4 Å². The summed E-state index contributed by atoms with van der Waals surface area (Å²) in [7, 11) is 0. The van der Waals surface area contributed by atoms with Gasteiger partial charge in [0.05, 0.1) is 5.56 Å². The fraction of sp³-hybridized carbons (Fsp3) is 0.188. The van der Waals surface area contributed by atoms with Crippen molar-refractivity contribution in [2.45, 2.75) is 20.8 Å². The Morgan fingerprint density at radius 3 is 2.67 bits per heavy atom. The van der Waals surface area contributed by atoms with Crippen LogP contribution in [0, 0.1) is 25.2 Å². The molecule has 1 aromatic carbocycles. The van der Waals surface area contributed by atoms with E-state index in [-0.39, 0.29) is 0 Å². The van der Waals surface area contributed by atoms with E-state index in [1.807, 2.05) is 26.0 Å². The van der Waals surface area contributed by atoms with Crippen LogP contribution in [0.3, 0.4) is 0 Å². The number of hydrogen-bond donors (Lipinski definition) is 0. The lowest BCUT2D eigenvalue weighted by molar-refractivity contribution is 1.45. The van der Waals surface area contributed by atoms with Gasteiger partial charge >= 0.3 is 0 Å². The average molecular weight is 253 g/mol. The van der Waals surface area contributed by atoms with Gasteiger partial charge in [-0.25, -0.2) is 0 Å². The van der Waals surface area contributed by atoms with Crippen molar-refractivity contribution in [2.75, 3.05) is 0 Å². The number of nitriles is 1. The first-order valence-electron chi connectivity index (χ1n) is 5.90. The molecule has 2 rings (SSSR count). The molecule has 0 bridgehead atoms. The van der Waals surface area contributed by atoms with Crippen molar-refractivity contribution in [2.24, 2.45) is 0 Å². The van der Waals surface area contributed by atoms with E-state index in [9.17, 15) is 5.26 Å². The van der Waals surface area contributed by atoms with E-state index in [2.05, 4.69) is 37.3 Å². The normalized spacial score (nSPS) is 10.8. The second-order valence-corrected chi connectivity index (χ2v) is 5.63. The molecule has 0 fully saturated rings. The summed E-state index contributed by atoms with van der Waals surface area (Å²) in [4.78, 5) is 2.31. The van der Waals surface area contributed by atoms with E-state index in [1.165, 1.54) is 10.4 Å². The van der Waals surface area contributed by atoms with Gasteiger partial charge < -0.3 is 0 Å². The first-order valence-corrected chi connectivity index (χ1v) is 6.72. The maximum Gasteiger partial charge on any atom is 0.101 e. The first-order chi connectivity index (χ1) is 8.67. The minimum Gasteiger partial charge on any atom is -0.192 e. The molecule has 1 nitrogen and oxygen atoms in total. The number of benzene rings is 1. The SMILES string of the molecule is C/C=C\c1cccc(-c2c(C)sc(C)c2C#N)c1. The molecule has 0 spiro atoms. The summed E-state index contributed by atoms with van der Waals surface area (Å²) >= 11 is 1.69. The minimum atomic E-state index is 0.815. The molecule has 0 aliphatic carbocycles. The molecule has 0 unspecified atom stereocenters. The smallest absolute Gasteiger partial charge is 0.101 e. The molecule has 18 heavy (non-hydrogen) atoms. The van der Waals surface area contributed by atoms with Gasteiger partial charge in [-0.3, -0.25) is 0 Å². The highest BCUT2D eigenvalue weighted by molar-refractivity contribution is 7.12. The summed E-state index contributed by atoms with van der Waals surface area (Å²) in [5.74, 6) is 0. The summed E-state index contributed by atoms with van der Waals surface area (Å²) in [5, 5.41) is 9.29. The van der Waals surface area contributed by atoms with E-state index in [0.29, 0.717) is 0 Å². The molecule has 90 valence electrons. The van der Waals surface area contributed by atoms with Crippen LogP contribution in [0.4, 0.5) is 0 Å². The molecule has 2 aromatic rings. The average Bonchev–Trinajstić information content (AvgIpc) is 2.64. The lowest BCUT2D eigenvalue weighted by Crippen LogP contribution is -1.84. The van der Waals surface area contributed by atoms with Crippen LogP contribution in [-0.2, 0) is 0 Å². The predicted molar refractivity (Wildman–Crippen MR) is 78.7 cm³/mol. The predicted octanol–water partition coefficient (Wildman–Crippen LogP) is 4.94. The number of rotatable bonds is 2. The number of hydrogen-bond acceptors (Lipinski definition) is 2. The van der Waals surface area contributed by atoms with Gasteiger partial charge in [0.1, 0.15) is 6.07 Å². The fourth-order valence-electron chi connectivity index (χ4n) is 2.16. The number of aryl methyl sites for hydroxylation is 2. The molecule has 0 radical (unpaired) electrons. The van der Waals surface area contributed by atoms with E-state index in [1.54, 1.807) is 11.3 Å². The lowest BCUT2D eigenvalue weighted by atomic mass is 9.99. The van der Waals surface area contributed by atoms with Crippen LogP contribution in [0.2, 0.25) is 0 Å². The second kappa shape index (κ2) is 5.20. The number of allylic oxidation sites excluding steroid dienone is 1. The van der Waals surface area contributed by atoms with Crippen LogP contribution in [0.25, 0.3) is 17.2 Å². The third-order valence-electron chi connectivity index (χ3n) is 2.91. The van der Waals surface area contributed by atoms with E-state index in [0.717, 1.165) is 21.6 Å². The third-order valence-corrected chi connectivity index (χ3v) is 3.93. The van der Waals surface area contributed by atoms with Gasteiger partial charge in [-0.05, 0) is 38.0 Å². The Balaban J connectivity index is 2.62. The molecule has 0 saturated carbocycles. The number of nitrogens with zero attached hydrogens (tertiary/aromatic N) is 1. The highest BCUT2D eigenvalue weighted by atomic mass is 32.1. The van der Waals surface area contributed by atoms with Crippen LogP contribution in [0.1, 0.15) is 27.8 Å². The molecule has 1 aromatic heterocycles. The van der Waals surface area contributed by atoms with E-state index < -0.39 is 0 Å². The topological polar surface area (TPSA) is 23.8 Å². The Labute approximate surface area is 112 Å². The molecule has 0 aliphatic rings. The second-order valence-electron chi connectivity index (χ2n) is 4.20. The zero-order valence-electron chi connectivity index (χ0n) is 10.8. The summed E-state index contributed by atoms with van der Waals surface area (Å²) < 4.78 is 0. The summed E-state index contributed by atoms with van der Waals surface area (Å²) in [5.41, 5.74) is 4.20. The van der Waals surface area contributed by atoms with Crippen molar-refractivity contribution in [1.29, 1.82) is 5.26 Å². The Kier molecular flexibility index (Phi) is 3.64. The Morgan fingerprint density at radius 2 is 2.00 bits per heavy atom. The van der Waals surface area contributed by atoms with Crippen LogP contribution in [-0.4, -0.2) is 0 Å². The first kappa shape index (κ1) is 12.6. The Hall–Kier alpha value is -1.85. The van der Waals surface area contributed by atoms with Crippen LogP contribution < -0.4 is 0 Å². The maximum absolute atomic E-state index is 9.29. The summed E-state index contributed by atoms with van der Waals surface area (Å²) in [6, 6.07) is 10.6. The van der Waals surface area contributed by atoms with E-state index in [4.69, 9.17) is 0 Å². The highest BCUT2D eigenvalue weighted by Crippen LogP contribution is 2.35. The third kappa shape index (κ3) is 2.23. The molecule has 0 atom stereocenters. The van der Waals surface area contributed by atoms with Crippen molar-refractivity contribution < 1.29 is 0 Å². The largest absolute Gasteiger partial charge is 0.192 e. The van der Waals surface area contributed by atoms with Crippen LogP contribution in [0.15, 0.2) is 30.3 Å². The Bertz CT molecular complexity index is 642. The van der Waals surface area contributed by atoms with Gasteiger partial charge in [-0.2, -0.15) is 5.26 Å². The molecular formula is C16H15NS. The minimum absolute atomic E-state index is 0.815. The van der Waals surface area contributed by atoms with Crippen molar-refractivity contribution >= 4 is 17.4 Å². The van der Waals surface area contributed by atoms with Gasteiger partial charge in [0.15, 0.2) is 0 Å². The monoisotopic (exact) mass is 253 g/mol. The zero-order chi connectivity index (χ0) is 13.1. The zero-order valence-corrected chi connectivity index (χ0v) is 11.6. The van der Waals surface area contributed by atoms with Gasteiger partial charge in [-0.15, -0.1) is 11.3 Å². The van der Waals surface area contributed by atoms with E-state index >= 15 is 0 Å². The maximum atomic E-state index is 9.29. The molecular weight excluding hydrogens is 238 g/mol. The van der Waals surface area contributed by atoms with Gasteiger partial charge in [0, 0.05) is 15.3 Å². The summed E-state index contributed by atoms with van der Waals surface area (Å²) in [6.45, 7) is 6.10. The standard InChI is InChI=1S/C16H15NS/c1-4-6-13-7-5-8-14(9-13)16-12(3)18-11(2)15(16)10-17/h4-9H,1-3H3/b6-4-. The van der Waals surface area contributed by atoms with Crippen molar-refractivity contribution in [1.82, 2.24) is 0 Å². The van der Waals surface area contributed by atoms with Crippen molar-refractivity contribution in [3.63, 3.8) is 0 Å². The van der Waals surface area contributed by atoms with Crippen LogP contribution in [0.5, 0.6) is 0 Å². The molecule has 0 saturated heterocycles. The van der Waals surface area contributed by atoms with Gasteiger partial charge in [0.2, 0.25) is 0 Å². The van der Waals surface area contributed by atoms with Gasteiger partial charge in [0.25, 0.3) is 0 Å². The molecule has 0 aliphatic heterocycles. The lowest BCUT2D eigenvalue weighted by Gasteiger charge is -2.03. The molecule has 1 heterocycles. The summed E-state index contributed by atoms with van der Waals surface area (Å²) in [6.07, 6.45) is 4.10. The number of thiophene rings is 1. The highest BCUT2D eigenvalue weighted by Gasteiger charge is 2.14. The fourth-order valence-corrected chi connectivity index (χ4v) is 3.19. The molecule has 0 N–H and O–H groups in total. The van der Waals surface area contributed by atoms with Crippen molar-refractivity contribution in [3.05, 3.63) is 51.2 Å². The Morgan fingerprint density at radius 1 is 1.22 bits per heavy atom. The molecule has 0 amide bonds. The van der Waals surface area contributed by atoms with Crippen LogP contribution >= 0.6 is 11.3 Å².